The van der Waals surface area contributed by atoms with E-state index in [0.717, 1.165) is 19.3 Å². The summed E-state index contributed by atoms with van der Waals surface area (Å²) in [4.78, 5) is 11.8. The Morgan fingerprint density at radius 3 is 2.40 bits per heavy atom. The summed E-state index contributed by atoms with van der Waals surface area (Å²) in [7, 11) is 0. The van der Waals surface area contributed by atoms with E-state index in [1.807, 2.05) is 13.8 Å². The van der Waals surface area contributed by atoms with Crippen LogP contribution in [-0.2, 0) is 14.3 Å². The Balaban J connectivity index is 2.08. The number of aliphatic hydroxyl groups is 1. The summed E-state index contributed by atoms with van der Waals surface area (Å²) in [5.74, 6) is -0.265. The van der Waals surface area contributed by atoms with Gasteiger partial charge in [0.25, 0.3) is 0 Å². The van der Waals surface area contributed by atoms with Crippen molar-refractivity contribution in [2.24, 2.45) is 22.7 Å². The van der Waals surface area contributed by atoms with Gasteiger partial charge in [0.2, 0.25) is 0 Å². The van der Waals surface area contributed by atoms with E-state index in [1.54, 1.807) is 6.92 Å². The fourth-order valence-electron chi connectivity index (χ4n) is 6.85. The van der Waals surface area contributed by atoms with Crippen LogP contribution >= 0.6 is 0 Å². The minimum Gasteiger partial charge on any atom is -0.392 e. The summed E-state index contributed by atoms with van der Waals surface area (Å²) in [5, 5.41) is 11.1. The normalized spacial score (nSPS) is 46.2. The maximum atomic E-state index is 11.8. The van der Waals surface area contributed by atoms with E-state index in [4.69, 9.17) is 9.47 Å². The van der Waals surface area contributed by atoms with Crippen molar-refractivity contribution in [1.29, 1.82) is 0 Å². The van der Waals surface area contributed by atoms with E-state index in [0.29, 0.717) is 5.92 Å². The molecule has 3 aliphatic rings. The first kappa shape index (κ1) is 19.3. The predicted octanol–water partition coefficient (Wildman–Crippen LogP) is 4.09. The summed E-state index contributed by atoms with van der Waals surface area (Å²) >= 11 is 0. The molecule has 2 aliphatic carbocycles. The van der Waals surface area contributed by atoms with Gasteiger partial charge in [0.1, 0.15) is 11.4 Å². The standard InChI is InChI=1S/C21H36O4/c1-13(22)11-14(23)17-20(6)10-8-9-18(2,3)15(20)12-16-21(17,7)25-19(4,5)24-16/h14-17,23H,8-12H2,1-7H3/t14-,15-,16+,17+,20-,21+/m0/s1. The molecule has 0 aromatic carbocycles. The Hall–Kier alpha value is -0.450. The second-order valence-electron chi connectivity index (χ2n) is 10.4. The Labute approximate surface area is 152 Å². The number of carbonyl (C=O) groups is 1. The molecule has 4 nitrogen and oxygen atoms in total. The lowest BCUT2D eigenvalue weighted by molar-refractivity contribution is -0.222. The average Bonchev–Trinajstić information content (AvgIpc) is 2.62. The lowest BCUT2D eigenvalue weighted by atomic mass is 9.44. The van der Waals surface area contributed by atoms with Crippen LogP contribution in [0.5, 0.6) is 0 Å². The third-order valence-electron chi connectivity index (χ3n) is 7.47. The molecule has 0 spiro atoms. The molecule has 0 bridgehead atoms. The van der Waals surface area contributed by atoms with Gasteiger partial charge in [-0.05, 0) is 63.7 Å². The Kier molecular flexibility index (Phi) is 4.46. The summed E-state index contributed by atoms with van der Waals surface area (Å²) in [5.41, 5.74) is -0.401. The molecule has 0 aromatic rings. The number of ether oxygens (including phenoxy) is 2. The number of rotatable bonds is 3. The highest BCUT2D eigenvalue weighted by Crippen LogP contribution is 2.66. The van der Waals surface area contributed by atoms with Crippen LogP contribution in [-0.4, -0.2) is 34.5 Å². The fourth-order valence-corrected chi connectivity index (χ4v) is 6.85. The summed E-state index contributed by atoms with van der Waals surface area (Å²) in [6.45, 7) is 14.6. The van der Waals surface area contributed by atoms with Gasteiger partial charge in [0.05, 0.1) is 12.2 Å². The van der Waals surface area contributed by atoms with Crippen molar-refractivity contribution in [2.75, 3.05) is 0 Å². The van der Waals surface area contributed by atoms with Crippen molar-refractivity contribution in [3.8, 4) is 0 Å². The monoisotopic (exact) mass is 352 g/mol. The molecule has 3 rings (SSSR count). The fraction of sp³-hybridized carbons (Fsp3) is 0.952. The van der Waals surface area contributed by atoms with Gasteiger partial charge in [0.15, 0.2) is 5.79 Å². The molecule has 1 heterocycles. The van der Waals surface area contributed by atoms with E-state index in [2.05, 4.69) is 27.7 Å². The summed E-state index contributed by atoms with van der Waals surface area (Å²) in [6.07, 6.45) is 3.87. The SMILES string of the molecule is CC(=O)C[C@H](O)[C@@H]1[C@@]2(C)CCCC(C)(C)[C@@H]2C[C@H]2OC(C)(C)O[C@@]12C. The molecule has 0 radical (unpaired) electrons. The molecule has 25 heavy (non-hydrogen) atoms. The van der Waals surface area contributed by atoms with Crippen LogP contribution in [0.1, 0.15) is 80.6 Å². The first-order chi connectivity index (χ1) is 11.3. The molecule has 1 aliphatic heterocycles. The van der Waals surface area contributed by atoms with Gasteiger partial charge in [0, 0.05) is 12.3 Å². The number of carbonyl (C=O) groups excluding carboxylic acids is 1. The quantitative estimate of drug-likeness (QED) is 0.831. The molecule has 144 valence electrons. The number of hydrogen-bond acceptors (Lipinski definition) is 4. The molecule has 3 fully saturated rings. The van der Waals surface area contributed by atoms with E-state index < -0.39 is 17.5 Å². The van der Waals surface area contributed by atoms with Crippen LogP contribution < -0.4 is 0 Å². The zero-order valence-corrected chi connectivity index (χ0v) is 17.0. The van der Waals surface area contributed by atoms with E-state index >= 15 is 0 Å². The lowest BCUT2D eigenvalue weighted by Crippen LogP contribution is -2.65. The molecule has 4 heteroatoms. The number of Topliss-reactive ketones (excluding diaryl/α,β-unsaturated/α-hetero) is 1. The Bertz CT molecular complexity index is 554. The van der Waals surface area contributed by atoms with Gasteiger partial charge in [-0.25, -0.2) is 0 Å². The van der Waals surface area contributed by atoms with Gasteiger partial charge in [-0.3, -0.25) is 4.79 Å². The molecule has 0 aromatic heterocycles. The smallest absolute Gasteiger partial charge is 0.164 e. The highest BCUT2D eigenvalue weighted by molar-refractivity contribution is 5.76. The van der Waals surface area contributed by atoms with E-state index in [-0.39, 0.29) is 35.1 Å². The minimum atomic E-state index is -0.691. The van der Waals surface area contributed by atoms with Crippen molar-refractivity contribution in [3.05, 3.63) is 0 Å². The number of ketones is 1. The molecule has 0 amide bonds. The molecule has 6 atom stereocenters. The van der Waals surface area contributed by atoms with Gasteiger partial charge in [-0.1, -0.05) is 27.2 Å². The van der Waals surface area contributed by atoms with Gasteiger partial charge in [-0.2, -0.15) is 0 Å². The van der Waals surface area contributed by atoms with Gasteiger partial charge in [-0.15, -0.1) is 0 Å². The first-order valence-corrected chi connectivity index (χ1v) is 9.87. The zero-order chi connectivity index (χ0) is 18.8. The third-order valence-corrected chi connectivity index (χ3v) is 7.47. The highest BCUT2D eigenvalue weighted by atomic mass is 16.8. The average molecular weight is 353 g/mol. The van der Waals surface area contributed by atoms with Crippen molar-refractivity contribution in [1.82, 2.24) is 0 Å². The van der Waals surface area contributed by atoms with Crippen molar-refractivity contribution >= 4 is 5.78 Å². The molecular weight excluding hydrogens is 316 g/mol. The van der Waals surface area contributed by atoms with E-state index in [9.17, 15) is 9.90 Å². The van der Waals surface area contributed by atoms with Crippen LogP contribution in [0.15, 0.2) is 0 Å². The first-order valence-electron chi connectivity index (χ1n) is 9.87. The third kappa shape index (κ3) is 2.98. The van der Waals surface area contributed by atoms with Crippen molar-refractivity contribution < 1.29 is 19.4 Å². The predicted molar refractivity (Wildman–Crippen MR) is 97.1 cm³/mol. The van der Waals surface area contributed by atoms with Crippen LogP contribution in [0.2, 0.25) is 0 Å². The largest absolute Gasteiger partial charge is 0.392 e. The number of hydrogen-bond donors (Lipinski definition) is 1. The Morgan fingerprint density at radius 1 is 1.16 bits per heavy atom. The minimum absolute atomic E-state index is 0.0339. The molecular formula is C21H36O4. The number of fused-ring (bicyclic) bond motifs is 2. The summed E-state index contributed by atoms with van der Waals surface area (Å²) in [6, 6.07) is 0. The topological polar surface area (TPSA) is 55.8 Å². The van der Waals surface area contributed by atoms with Gasteiger partial charge < -0.3 is 14.6 Å². The van der Waals surface area contributed by atoms with Crippen LogP contribution in [0.25, 0.3) is 0 Å². The zero-order valence-electron chi connectivity index (χ0n) is 17.0. The second-order valence-corrected chi connectivity index (χ2v) is 10.4. The Morgan fingerprint density at radius 2 is 1.80 bits per heavy atom. The van der Waals surface area contributed by atoms with Crippen molar-refractivity contribution in [2.45, 2.75) is 104 Å². The molecule has 1 saturated heterocycles. The van der Waals surface area contributed by atoms with Crippen LogP contribution in [0, 0.1) is 22.7 Å². The highest BCUT2D eigenvalue weighted by Gasteiger charge is 2.68. The molecule has 2 saturated carbocycles. The van der Waals surface area contributed by atoms with E-state index in [1.165, 1.54) is 6.42 Å². The van der Waals surface area contributed by atoms with Crippen molar-refractivity contribution in [3.63, 3.8) is 0 Å². The second kappa shape index (κ2) is 5.77. The van der Waals surface area contributed by atoms with Gasteiger partial charge >= 0.3 is 0 Å². The van der Waals surface area contributed by atoms with Crippen LogP contribution in [0.3, 0.4) is 0 Å². The van der Waals surface area contributed by atoms with Crippen LogP contribution in [0.4, 0.5) is 0 Å². The number of aliphatic hydroxyl groups excluding tert-OH is 1. The molecule has 0 unspecified atom stereocenters. The summed E-state index contributed by atoms with van der Waals surface area (Å²) < 4.78 is 12.8. The lowest BCUT2D eigenvalue weighted by Gasteiger charge is -2.63. The molecule has 1 N–H and O–H groups in total. The maximum Gasteiger partial charge on any atom is 0.164 e. The maximum absolute atomic E-state index is 11.8.